The summed E-state index contributed by atoms with van der Waals surface area (Å²) in [5, 5.41) is 12.8. The number of phenols is 1. The molecule has 1 aromatic carbocycles. The van der Waals surface area contributed by atoms with Gasteiger partial charge < -0.3 is 9.84 Å². The van der Waals surface area contributed by atoms with E-state index in [1.54, 1.807) is 19.1 Å². The van der Waals surface area contributed by atoms with Crippen LogP contribution in [0.5, 0.6) is 5.75 Å². The maximum Gasteiger partial charge on any atom is 0.327 e. The molecule has 2 unspecified atom stereocenters. The van der Waals surface area contributed by atoms with Crippen molar-refractivity contribution in [3.63, 3.8) is 0 Å². The van der Waals surface area contributed by atoms with Crippen LogP contribution in [0.15, 0.2) is 18.2 Å². The first-order valence-corrected chi connectivity index (χ1v) is 6.78. The van der Waals surface area contributed by atoms with Crippen LogP contribution in [0, 0.1) is 0 Å². The first kappa shape index (κ1) is 15.8. The van der Waals surface area contributed by atoms with Gasteiger partial charge in [0.1, 0.15) is 11.8 Å². The summed E-state index contributed by atoms with van der Waals surface area (Å²) in [6.45, 7) is 6.11. The summed E-state index contributed by atoms with van der Waals surface area (Å²) >= 11 is 5.88. The number of rotatable bonds is 6. The van der Waals surface area contributed by atoms with E-state index in [-0.39, 0.29) is 22.8 Å². The zero-order valence-electron chi connectivity index (χ0n) is 11.4. The number of carbonyl (C=O) groups excluding carboxylic acids is 1. The molecule has 0 saturated heterocycles. The fraction of sp³-hybridized carbons (Fsp3) is 0.500. The van der Waals surface area contributed by atoms with Crippen LogP contribution in [0.2, 0.25) is 5.02 Å². The minimum atomic E-state index is -0.576. The monoisotopic (exact) mass is 285 g/mol. The fourth-order valence-electron chi connectivity index (χ4n) is 1.63. The minimum absolute atomic E-state index is 0.00318. The third-order valence-electron chi connectivity index (χ3n) is 2.89. The van der Waals surface area contributed by atoms with Crippen LogP contribution in [0.1, 0.15) is 38.8 Å². The largest absolute Gasteiger partial charge is 0.506 e. The van der Waals surface area contributed by atoms with Crippen LogP contribution in [-0.2, 0) is 9.53 Å². The predicted molar refractivity (Wildman–Crippen MR) is 75.4 cm³/mol. The Morgan fingerprint density at radius 1 is 1.47 bits per heavy atom. The highest BCUT2D eigenvalue weighted by Gasteiger charge is 2.23. The molecule has 19 heavy (non-hydrogen) atoms. The van der Waals surface area contributed by atoms with Gasteiger partial charge in [-0.1, -0.05) is 24.6 Å². The number of phenolic OH excluding ortho intramolecular Hbond substituents is 1. The van der Waals surface area contributed by atoms with Crippen molar-refractivity contribution >= 4 is 17.6 Å². The summed E-state index contributed by atoms with van der Waals surface area (Å²) in [5.41, 5.74) is 0.682. The molecule has 106 valence electrons. The molecule has 1 rings (SSSR count). The van der Waals surface area contributed by atoms with Crippen LogP contribution < -0.4 is 5.32 Å². The van der Waals surface area contributed by atoms with E-state index in [4.69, 9.17) is 16.3 Å². The summed E-state index contributed by atoms with van der Waals surface area (Å²) < 4.78 is 5.07. The molecule has 0 spiro atoms. The van der Waals surface area contributed by atoms with E-state index in [9.17, 15) is 9.90 Å². The van der Waals surface area contributed by atoms with E-state index in [2.05, 4.69) is 5.32 Å². The quantitative estimate of drug-likeness (QED) is 0.789. The first-order valence-electron chi connectivity index (χ1n) is 6.40. The fourth-order valence-corrected chi connectivity index (χ4v) is 1.82. The number of benzene rings is 1. The Balaban J connectivity index is 3.00. The van der Waals surface area contributed by atoms with Gasteiger partial charge in [-0.15, -0.1) is 0 Å². The first-order chi connectivity index (χ1) is 8.99. The summed E-state index contributed by atoms with van der Waals surface area (Å²) in [6.07, 6.45) is 0.891. The van der Waals surface area contributed by atoms with Gasteiger partial charge in [-0.2, -0.15) is 0 Å². The molecule has 0 radical (unpaired) electrons. The topological polar surface area (TPSA) is 58.6 Å². The Labute approximate surface area is 118 Å². The van der Waals surface area contributed by atoms with Crippen molar-refractivity contribution in [3.05, 3.63) is 28.8 Å². The lowest BCUT2D eigenvalue weighted by Gasteiger charge is -2.21. The lowest BCUT2D eigenvalue weighted by molar-refractivity contribution is -0.146. The standard InChI is InChI=1S/C14H20ClNO3/c1-4-9(3)16-13(14(18)19-5-2)10-6-7-12(17)11(15)8-10/h6-9,13,16-17H,4-5H2,1-3H3. The summed E-state index contributed by atoms with van der Waals surface area (Å²) in [6, 6.07) is 4.31. The Bertz CT molecular complexity index is 437. The molecule has 0 aliphatic rings. The molecule has 1 aromatic rings. The highest BCUT2D eigenvalue weighted by atomic mass is 35.5. The highest BCUT2D eigenvalue weighted by Crippen LogP contribution is 2.27. The Morgan fingerprint density at radius 2 is 2.16 bits per heavy atom. The zero-order valence-corrected chi connectivity index (χ0v) is 12.2. The van der Waals surface area contributed by atoms with E-state index in [0.717, 1.165) is 6.42 Å². The average molecular weight is 286 g/mol. The second kappa shape index (κ2) is 7.36. The lowest BCUT2D eigenvalue weighted by Crippen LogP contribution is -2.36. The number of esters is 1. The maximum atomic E-state index is 12.0. The van der Waals surface area contributed by atoms with Crippen LogP contribution in [0.4, 0.5) is 0 Å². The normalized spacial score (nSPS) is 13.9. The molecule has 0 bridgehead atoms. The van der Waals surface area contributed by atoms with Crippen molar-refractivity contribution in [3.8, 4) is 5.75 Å². The summed E-state index contributed by atoms with van der Waals surface area (Å²) in [7, 11) is 0. The number of ether oxygens (including phenoxy) is 1. The Kier molecular flexibility index (Phi) is 6.12. The van der Waals surface area contributed by atoms with Gasteiger partial charge in [0.05, 0.1) is 11.6 Å². The molecule has 0 heterocycles. The van der Waals surface area contributed by atoms with Crippen LogP contribution in [-0.4, -0.2) is 23.7 Å². The maximum absolute atomic E-state index is 12.0. The van der Waals surface area contributed by atoms with Crippen molar-refractivity contribution in [2.75, 3.05) is 6.61 Å². The molecule has 2 N–H and O–H groups in total. The zero-order chi connectivity index (χ0) is 14.4. The number of aromatic hydroxyl groups is 1. The van der Waals surface area contributed by atoms with Crippen molar-refractivity contribution in [2.24, 2.45) is 0 Å². The molecule has 0 saturated carbocycles. The molecule has 2 atom stereocenters. The number of halogens is 1. The van der Waals surface area contributed by atoms with Crippen molar-refractivity contribution < 1.29 is 14.6 Å². The van der Waals surface area contributed by atoms with Crippen LogP contribution >= 0.6 is 11.6 Å². The lowest BCUT2D eigenvalue weighted by atomic mass is 10.1. The Morgan fingerprint density at radius 3 is 2.68 bits per heavy atom. The van der Waals surface area contributed by atoms with E-state index in [1.807, 2.05) is 13.8 Å². The van der Waals surface area contributed by atoms with Gasteiger partial charge in [-0.05, 0) is 38.0 Å². The van der Waals surface area contributed by atoms with E-state index in [1.165, 1.54) is 6.07 Å². The van der Waals surface area contributed by atoms with Gasteiger partial charge in [-0.3, -0.25) is 5.32 Å². The number of carbonyl (C=O) groups is 1. The number of hydrogen-bond donors (Lipinski definition) is 2. The molecular weight excluding hydrogens is 266 g/mol. The van der Waals surface area contributed by atoms with Gasteiger partial charge >= 0.3 is 5.97 Å². The number of nitrogens with one attached hydrogen (secondary N) is 1. The minimum Gasteiger partial charge on any atom is -0.506 e. The van der Waals surface area contributed by atoms with Crippen molar-refractivity contribution in [2.45, 2.75) is 39.3 Å². The second-order valence-corrected chi connectivity index (χ2v) is 4.78. The van der Waals surface area contributed by atoms with Crippen molar-refractivity contribution in [1.29, 1.82) is 0 Å². The van der Waals surface area contributed by atoms with E-state index >= 15 is 0 Å². The molecule has 5 heteroatoms. The van der Waals surface area contributed by atoms with Crippen molar-refractivity contribution in [1.82, 2.24) is 5.32 Å². The highest BCUT2D eigenvalue weighted by molar-refractivity contribution is 6.32. The van der Waals surface area contributed by atoms with Crippen LogP contribution in [0.25, 0.3) is 0 Å². The molecule has 0 aliphatic heterocycles. The SMILES string of the molecule is CCOC(=O)C(NC(C)CC)c1ccc(O)c(Cl)c1. The molecular formula is C14H20ClNO3. The van der Waals surface area contributed by atoms with E-state index in [0.29, 0.717) is 12.2 Å². The molecule has 0 aromatic heterocycles. The average Bonchev–Trinajstić information content (AvgIpc) is 2.39. The summed E-state index contributed by atoms with van der Waals surface area (Å²) in [4.78, 5) is 12.0. The summed E-state index contributed by atoms with van der Waals surface area (Å²) in [5.74, 6) is -0.346. The van der Waals surface area contributed by atoms with E-state index < -0.39 is 6.04 Å². The van der Waals surface area contributed by atoms with Gasteiger partial charge in [0.2, 0.25) is 0 Å². The van der Waals surface area contributed by atoms with Gasteiger partial charge in [0.15, 0.2) is 0 Å². The molecule has 0 fully saturated rings. The third-order valence-corrected chi connectivity index (χ3v) is 3.19. The Hall–Kier alpha value is -1.26. The molecule has 0 amide bonds. The van der Waals surface area contributed by atoms with Gasteiger partial charge in [0, 0.05) is 6.04 Å². The molecule has 0 aliphatic carbocycles. The van der Waals surface area contributed by atoms with Gasteiger partial charge in [0.25, 0.3) is 0 Å². The second-order valence-electron chi connectivity index (χ2n) is 4.37. The predicted octanol–water partition coefficient (Wildman–Crippen LogP) is 3.04. The third kappa shape index (κ3) is 4.40. The molecule has 4 nitrogen and oxygen atoms in total. The van der Waals surface area contributed by atoms with Gasteiger partial charge in [-0.25, -0.2) is 4.79 Å². The number of hydrogen-bond acceptors (Lipinski definition) is 4. The smallest absolute Gasteiger partial charge is 0.327 e. The van der Waals surface area contributed by atoms with Crippen LogP contribution in [0.3, 0.4) is 0 Å².